The third-order valence-corrected chi connectivity index (χ3v) is 3.50. The van der Waals surface area contributed by atoms with E-state index >= 15 is 0 Å². The van der Waals surface area contributed by atoms with Crippen LogP contribution < -0.4 is 5.32 Å². The second kappa shape index (κ2) is 5.80. The van der Waals surface area contributed by atoms with Crippen molar-refractivity contribution in [2.45, 2.75) is 31.4 Å². The number of nitrogens with zero attached hydrogens (tertiary/aromatic N) is 1. The fourth-order valence-corrected chi connectivity index (χ4v) is 2.41. The zero-order valence-electron chi connectivity index (χ0n) is 11.1. The molecule has 0 radical (unpaired) electrons. The summed E-state index contributed by atoms with van der Waals surface area (Å²) in [6.45, 7) is 2.00. The number of carbonyl (C=O) groups excluding carboxylic acids is 1. The van der Waals surface area contributed by atoms with Gasteiger partial charge < -0.3 is 15.3 Å². The molecule has 1 aromatic rings. The summed E-state index contributed by atoms with van der Waals surface area (Å²) in [6, 6.07) is 7.77. The molecule has 1 aliphatic rings. The van der Waals surface area contributed by atoms with Gasteiger partial charge in [-0.05, 0) is 31.0 Å². The average molecular weight is 283 g/mol. The van der Waals surface area contributed by atoms with E-state index in [9.17, 15) is 9.90 Å². The van der Waals surface area contributed by atoms with Gasteiger partial charge in [0.05, 0.1) is 6.10 Å². The van der Waals surface area contributed by atoms with Crippen LogP contribution >= 0.6 is 11.6 Å². The van der Waals surface area contributed by atoms with E-state index in [0.717, 1.165) is 17.0 Å². The molecule has 0 saturated heterocycles. The largest absolute Gasteiger partial charge is 0.392 e. The first-order valence-corrected chi connectivity index (χ1v) is 6.80. The van der Waals surface area contributed by atoms with Crippen molar-refractivity contribution in [1.82, 2.24) is 10.2 Å². The Bertz CT molecular complexity index is 465. The van der Waals surface area contributed by atoms with Crippen molar-refractivity contribution in [1.29, 1.82) is 0 Å². The number of carbonyl (C=O) groups is 1. The maximum absolute atomic E-state index is 11.9. The highest BCUT2D eigenvalue weighted by Crippen LogP contribution is 2.41. The molecule has 5 heteroatoms. The molecule has 1 fully saturated rings. The average Bonchev–Trinajstić information content (AvgIpc) is 3.07. The topological polar surface area (TPSA) is 52.6 Å². The molecule has 0 aromatic heterocycles. The highest BCUT2D eigenvalue weighted by molar-refractivity contribution is 6.30. The minimum atomic E-state index is -0.515. The Morgan fingerprint density at radius 1 is 1.63 bits per heavy atom. The Hall–Kier alpha value is -1.26. The van der Waals surface area contributed by atoms with Crippen molar-refractivity contribution in [3.63, 3.8) is 0 Å². The molecule has 2 N–H and O–H groups in total. The number of hydrogen-bond acceptors (Lipinski definition) is 2. The van der Waals surface area contributed by atoms with Gasteiger partial charge in [0.25, 0.3) is 0 Å². The molecule has 4 nitrogen and oxygen atoms in total. The molecule has 1 aliphatic carbocycles. The Balaban J connectivity index is 1.85. The third kappa shape index (κ3) is 3.85. The summed E-state index contributed by atoms with van der Waals surface area (Å²) in [5.74, 6) is 0.350. The number of halogens is 1. The first kappa shape index (κ1) is 14.2. The number of amides is 2. The van der Waals surface area contributed by atoms with E-state index in [1.54, 1.807) is 14.0 Å². The van der Waals surface area contributed by atoms with Crippen LogP contribution in [0.1, 0.15) is 24.8 Å². The van der Waals surface area contributed by atoms with E-state index in [2.05, 4.69) is 5.32 Å². The lowest BCUT2D eigenvalue weighted by Gasteiger charge is -2.19. The lowest BCUT2D eigenvalue weighted by molar-refractivity contribution is 0.143. The molecule has 0 spiro atoms. The molecule has 0 bridgehead atoms. The van der Waals surface area contributed by atoms with Crippen LogP contribution in [0.4, 0.5) is 4.79 Å². The molecule has 0 aliphatic heterocycles. The van der Waals surface area contributed by atoms with Crippen LogP contribution in [0, 0.1) is 0 Å². The SMILES string of the molecule is CC(O)CN(C)C(=O)NC1CC1c1cccc(Cl)c1. The van der Waals surface area contributed by atoms with Crippen molar-refractivity contribution >= 4 is 17.6 Å². The summed E-state index contributed by atoms with van der Waals surface area (Å²) >= 11 is 5.95. The predicted octanol–water partition coefficient (Wildman–Crippen LogP) is 2.22. The molecular formula is C14H19ClN2O2. The maximum Gasteiger partial charge on any atom is 0.317 e. The number of nitrogens with one attached hydrogen (secondary N) is 1. The van der Waals surface area contributed by atoms with Crippen LogP contribution in [0.3, 0.4) is 0 Å². The number of aliphatic hydroxyl groups excluding tert-OH is 1. The Morgan fingerprint density at radius 2 is 2.37 bits per heavy atom. The van der Waals surface area contributed by atoms with Gasteiger partial charge in [-0.3, -0.25) is 0 Å². The molecule has 3 unspecified atom stereocenters. The summed E-state index contributed by atoms with van der Waals surface area (Å²) in [5, 5.41) is 12.9. The molecule has 1 saturated carbocycles. The van der Waals surface area contributed by atoms with Crippen LogP contribution in [-0.4, -0.2) is 41.8 Å². The van der Waals surface area contributed by atoms with Gasteiger partial charge in [0.15, 0.2) is 0 Å². The van der Waals surface area contributed by atoms with Gasteiger partial charge in [-0.1, -0.05) is 23.7 Å². The van der Waals surface area contributed by atoms with Crippen LogP contribution in [0.15, 0.2) is 24.3 Å². The molecule has 19 heavy (non-hydrogen) atoms. The van der Waals surface area contributed by atoms with E-state index in [1.165, 1.54) is 4.90 Å². The van der Waals surface area contributed by atoms with E-state index < -0.39 is 6.10 Å². The maximum atomic E-state index is 11.9. The summed E-state index contributed by atoms with van der Waals surface area (Å²) in [7, 11) is 1.68. The van der Waals surface area contributed by atoms with Gasteiger partial charge in [-0.15, -0.1) is 0 Å². The van der Waals surface area contributed by atoms with Gasteiger partial charge >= 0.3 is 6.03 Å². The zero-order valence-corrected chi connectivity index (χ0v) is 11.9. The van der Waals surface area contributed by atoms with E-state index in [0.29, 0.717) is 12.5 Å². The predicted molar refractivity (Wildman–Crippen MR) is 75.4 cm³/mol. The fraction of sp³-hybridized carbons (Fsp3) is 0.500. The Labute approximate surface area is 118 Å². The lowest BCUT2D eigenvalue weighted by Crippen LogP contribution is -2.41. The molecule has 3 atom stereocenters. The van der Waals surface area contributed by atoms with E-state index in [1.807, 2.05) is 24.3 Å². The standard InChI is InChI=1S/C14H19ClN2O2/c1-9(18)8-17(2)14(19)16-13-7-12(13)10-4-3-5-11(15)6-10/h3-6,9,12-13,18H,7-8H2,1-2H3,(H,16,19). The number of hydrogen-bond donors (Lipinski definition) is 2. The molecule has 2 amide bonds. The highest BCUT2D eigenvalue weighted by Gasteiger charge is 2.40. The van der Waals surface area contributed by atoms with Crippen molar-refractivity contribution in [3.05, 3.63) is 34.9 Å². The van der Waals surface area contributed by atoms with Gasteiger partial charge in [-0.25, -0.2) is 4.79 Å². The molecule has 2 rings (SSSR count). The number of likely N-dealkylation sites (N-methyl/N-ethyl adjacent to an activating group) is 1. The summed E-state index contributed by atoms with van der Waals surface area (Å²) in [6.07, 6.45) is 0.424. The van der Waals surface area contributed by atoms with Gasteiger partial charge in [0, 0.05) is 30.6 Å². The van der Waals surface area contributed by atoms with Crippen LogP contribution in [0.5, 0.6) is 0 Å². The highest BCUT2D eigenvalue weighted by atomic mass is 35.5. The van der Waals surface area contributed by atoms with E-state index in [4.69, 9.17) is 11.6 Å². The number of benzene rings is 1. The molecule has 1 aromatic carbocycles. The first-order valence-electron chi connectivity index (χ1n) is 6.42. The number of aliphatic hydroxyl groups is 1. The van der Waals surface area contributed by atoms with Crippen LogP contribution in [-0.2, 0) is 0 Å². The first-order chi connectivity index (χ1) is 8.97. The second-order valence-electron chi connectivity index (χ2n) is 5.18. The minimum absolute atomic E-state index is 0.143. The summed E-state index contributed by atoms with van der Waals surface area (Å²) < 4.78 is 0. The quantitative estimate of drug-likeness (QED) is 0.890. The smallest absolute Gasteiger partial charge is 0.317 e. The molecule has 0 heterocycles. The lowest BCUT2D eigenvalue weighted by atomic mass is 10.1. The summed E-state index contributed by atoms with van der Waals surface area (Å²) in [5.41, 5.74) is 1.16. The number of rotatable bonds is 4. The third-order valence-electron chi connectivity index (χ3n) is 3.26. The number of urea groups is 1. The zero-order chi connectivity index (χ0) is 14.0. The Morgan fingerprint density at radius 3 is 3.00 bits per heavy atom. The van der Waals surface area contributed by atoms with Gasteiger partial charge in [-0.2, -0.15) is 0 Å². The Kier molecular flexibility index (Phi) is 4.32. The van der Waals surface area contributed by atoms with Crippen molar-refractivity contribution in [3.8, 4) is 0 Å². The van der Waals surface area contributed by atoms with Gasteiger partial charge in [0.1, 0.15) is 0 Å². The normalized spacial score (nSPS) is 22.7. The van der Waals surface area contributed by atoms with Crippen LogP contribution in [0.2, 0.25) is 5.02 Å². The fourth-order valence-electron chi connectivity index (χ4n) is 2.21. The minimum Gasteiger partial charge on any atom is -0.392 e. The van der Waals surface area contributed by atoms with Crippen molar-refractivity contribution < 1.29 is 9.90 Å². The molecule has 104 valence electrons. The van der Waals surface area contributed by atoms with Crippen LogP contribution in [0.25, 0.3) is 0 Å². The van der Waals surface area contributed by atoms with Gasteiger partial charge in [0.2, 0.25) is 0 Å². The van der Waals surface area contributed by atoms with Crippen molar-refractivity contribution in [2.24, 2.45) is 0 Å². The van der Waals surface area contributed by atoms with E-state index in [-0.39, 0.29) is 12.1 Å². The van der Waals surface area contributed by atoms with Crippen molar-refractivity contribution in [2.75, 3.05) is 13.6 Å². The summed E-state index contributed by atoms with van der Waals surface area (Å²) in [4.78, 5) is 13.3. The molecular weight excluding hydrogens is 264 g/mol. The monoisotopic (exact) mass is 282 g/mol. The second-order valence-corrected chi connectivity index (χ2v) is 5.62.